The molecule has 3 aromatic rings. The van der Waals surface area contributed by atoms with Gasteiger partial charge in [-0.25, -0.2) is 0 Å². The molecule has 4 rings (SSSR count). The van der Waals surface area contributed by atoms with Crippen molar-refractivity contribution in [1.82, 2.24) is 4.57 Å². The molecule has 0 radical (unpaired) electrons. The Hall–Kier alpha value is -3.06. The second kappa shape index (κ2) is 10.6. The second-order valence-electron chi connectivity index (χ2n) is 7.00. The summed E-state index contributed by atoms with van der Waals surface area (Å²) in [5, 5.41) is 0. The number of hydrogen-bond donors (Lipinski definition) is 0. The van der Waals surface area contributed by atoms with Crippen molar-refractivity contribution in [1.29, 1.82) is 0 Å². The minimum Gasteiger partial charge on any atom is -0.310 e. The van der Waals surface area contributed by atoms with E-state index in [2.05, 4.69) is 104 Å². The van der Waals surface area contributed by atoms with Crippen LogP contribution in [0.25, 0.3) is 23.9 Å². The fraction of sp³-hybridized carbons (Fsp3) is 0.241. The van der Waals surface area contributed by atoms with Crippen LogP contribution in [-0.2, 0) is 5.41 Å². The molecule has 0 fully saturated rings. The Balaban J connectivity index is 0.000000757. The summed E-state index contributed by atoms with van der Waals surface area (Å²) < 4.78 is 2.30. The van der Waals surface area contributed by atoms with Crippen molar-refractivity contribution in [2.75, 3.05) is 0 Å². The molecule has 156 valence electrons. The van der Waals surface area contributed by atoms with Crippen LogP contribution in [0.2, 0.25) is 0 Å². The van der Waals surface area contributed by atoms with Crippen LogP contribution in [0, 0.1) is 6.92 Å². The van der Waals surface area contributed by atoms with Crippen LogP contribution in [0.1, 0.15) is 62.7 Å². The van der Waals surface area contributed by atoms with E-state index in [1.165, 1.54) is 22.4 Å². The molecule has 0 spiro atoms. The zero-order valence-electron chi connectivity index (χ0n) is 19.3. The van der Waals surface area contributed by atoms with Gasteiger partial charge in [-0.2, -0.15) is 0 Å². The third-order valence-electron chi connectivity index (χ3n) is 5.33. The van der Waals surface area contributed by atoms with Gasteiger partial charge in [0.1, 0.15) is 0 Å². The van der Waals surface area contributed by atoms with E-state index in [0.29, 0.717) is 0 Å². The Morgan fingerprint density at radius 3 is 1.90 bits per heavy atom. The molecule has 1 heteroatoms. The van der Waals surface area contributed by atoms with Gasteiger partial charge in [-0.1, -0.05) is 101 Å². The lowest BCUT2D eigenvalue weighted by Crippen LogP contribution is -2.14. The van der Waals surface area contributed by atoms with Crippen molar-refractivity contribution >= 4 is 18.2 Å². The number of allylic oxidation sites excluding steroid dienone is 2. The Morgan fingerprint density at radius 2 is 1.33 bits per heavy atom. The van der Waals surface area contributed by atoms with Gasteiger partial charge in [0.05, 0.1) is 5.69 Å². The number of benzene rings is 2. The maximum absolute atomic E-state index is 4.05. The maximum Gasteiger partial charge on any atom is 0.0534 e. The van der Waals surface area contributed by atoms with E-state index in [1.54, 1.807) is 0 Å². The van der Waals surface area contributed by atoms with E-state index in [0.717, 1.165) is 11.4 Å². The third-order valence-corrected chi connectivity index (χ3v) is 5.33. The second-order valence-corrected chi connectivity index (χ2v) is 7.00. The summed E-state index contributed by atoms with van der Waals surface area (Å²) in [6.45, 7) is 16.5. The summed E-state index contributed by atoms with van der Waals surface area (Å²) in [6, 6.07) is 21.1. The SMILES string of the molecule is C=Cc1c(C)c2c(n1-c1ccccc1)C=CC(C)(c1ccccc1)C=C2.CC.CC. The van der Waals surface area contributed by atoms with Crippen LogP contribution in [0.15, 0.2) is 79.4 Å². The Bertz CT molecular complexity index is 1000. The van der Waals surface area contributed by atoms with Gasteiger partial charge in [0.25, 0.3) is 0 Å². The minimum atomic E-state index is -0.122. The van der Waals surface area contributed by atoms with Crippen molar-refractivity contribution in [3.63, 3.8) is 0 Å². The first-order valence-corrected chi connectivity index (χ1v) is 11.0. The van der Waals surface area contributed by atoms with E-state index in [1.807, 2.05) is 39.8 Å². The molecule has 30 heavy (non-hydrogen) atoms. The van der Waals surface area contributed by atoms with Gasteiger partial charge in [-0.3, -0.25) is 0 Å². The fourth-order valence-corrected chi connectivity index (χ4v) is 3.78. The van der Waals surface area contributed by atoms with Gasteiger partial charge in [0.15, 0.2) is 0 Å². The summed E-state index contributed by atoms with van der Waals surface area (Å²) >= 11 is 0. The van der Waals surface area contributed by atoms with Crippen molar-refractivity contribution in [2.24, 2.45) is 0 Å². The molecular weight excluding hydrogens is 362 g/mol. The van der Waals surface area contributed by atoms with E-state index in [9.17, 15) is 0 Å². The molecule has 1 aromatic heterocycles. The van der Waals surface area contributed by atoms with Crippen LogP contribution in [0.3, 0.4) is 0 Å². The van der Waals surface area contributed by atoms with E-state index in [4.69, 9.17) is 0 Å². The van der Waals surface area contributed by atoms with Crippen LogP contribution in [0.5, 0.6) is 0 Å². The predicted octanol–water partition coefficient (Wildman–Crippen LogP) is 8.48. The Morgan fingerprint density at radius 1 is 0.800 bits per heavy atom. The number of fused-ring (bicyclic) bond motifs is 1. The van der Waals surface area contributed by atoms with Gasteiger partial charge in [-0.15, -0.1) is 0 Å². The highest BCUT2D eigenvalue weighted by Gasteiger charge is 2.25. The minimum absolute atomic E-state index is 0.122. The normalized spacial score (nSPS) is 16.3. The lowest BCUT2D eigenvalue weighted by molar-refractivity contribution is 0.766. The monoisotopic (exact) mass is 397 g/mol. The van der Waals surface area contributed by atoms with E-state index >= 15 is 0 Å². The largest absolute Gasteiger partial charge is 0.310 e. The molecule has 0 saturated heterocycles. The van der Waals surface area contributed by atoms with Crippen LogP contribution in [0.4, 0.5) is 0 Å². The summed E-state index contributed by atoms with van der Waals surface area (Å²) in [5.74, 6) is 0. The molecule has 0 amide bonds. The van der Waals surface area contributed by atoms with Crippen molar-refractivity contribution in [3.8, 4) is 5.69 Å². The molecule has 0 saturated carbocycles. The van der Waals surface area contributed by atoms with Crippen molar-refractivity contribution in [3.05, 3.63) is 107 Å². The van der Waals surface area contributed by atoms with Gasteiger partial charge in [0.2, 0.25) is 0 Å². The smallest absolute Gasteiger partial charge is 0.0534 e. The molecule has 0 bridgehead atoms. The lowest BCUT2D eigenvalue weighted by Gasteiger charge is -2.22. The van der Waals surface area contributed by atoms with Crippen LogP contribution >= 0.6 is 0 Å². The van der Waals surface area contributed by atoms with Gasteiger partial charge in [0, 0.05) is 22.4 Å². The fourth-order valence-electron chi connectivity index (χ4n) is 3.78. The molecule has 1 atom stereocenters. The molecule has 1 heterocycles. The summed E-state index contributed by atoms with van der Waals surface area (Å²) in [4.78, 5) is 0. The lowest BCUT2D eigenvalue weighted by atomic mass is 9.82. The topological polar surface area (TPSA) is 4.93 Å². The molecule has 0 aliphatic heterocycles. The molecule has 0 N–H and O–H groups in total. The predicted molar refractivity (Wildman–Crippen MR) is 135 cm³/mol. The zero-order chi connectivity index (χ0) is 22.1. The summed E-state index contributed by atoms with van der Waals surface area (Å²) in [7, 11) is 0. The average Bonchev–Trinajstić information content (AvgIpc) is 2.97. The third kappa shape index (κ3) is 4.41. The van der Waals surface area contributed by atoms with Crippen LogP contribution < -0.4 is 0 Å². The number of rotatable bonds is 3. The quantitative estimate of drug-likeness (QED) is 0.417. The zero-order valence-corrected chi connectivity index (χ0v) is 19.3. The van der Waals surface area contributed by atoms with Crippen LogP contribution in [-0.4, -0.2) is 4.57 Å². The number of aromatic nitrogens is 1. The van der Waals surface area contributed by atoms with Crippen molar-refractivity contribution < 1.29 is 0 Å². The molecule has 1 nitrogen and oxygen atoms in total. The summed E-state index contributed by atoms with van der Waals surface area (Å²) in [5.41, 5.74) is 7.22. The molecule has 1 aliphatic carbocycles. The van der Waals surface area contributed by atoms with Gasteiger partial charge < -0.3 is 4.57 Å². The Kier molecular flexibility index (Phi) is 8.24. The molecule has 1 aliphatic rings. The highest BCUT2D eigenvalue weighted by molar-refractivity contribution is 5.77. The van der Waals surface area contributed by atoms with Gasteiger partial charge in [-0.05, 0) is 49.3 Å². The number of nitrogens with zero attached hydrogens (tertiary/aromatic N) is 1. The standard InChI is InChI=1S/C25H23N.2C2H6/c1-4-23-19(2)22-15-17-25(3,20-11-7-5-8-12-20)18-16-24(22)26(23)21-13-9-6-10-14-21;2*1-2/h4-18H,1H2,2-3H3;2*1-2H3. The first-order chi connectivity index (χ1) is 14.6. The van der Waals surface area contributed by atoms with Crippen molar-refractivity contribution in [2.45, 2.75) is 47.0 Å². The highest BCUT2D eigenvalue weighted by atomic mass is 15.0. The van der Waals surface area contributed by atoms with E-state index < -0.39 is 0 Å². The van der Waals surface area contributed by atoms with E-state index in [-0.39, 0.29) is 5.41 Å². The molecule has 2 aromatic carbocycles. The average molecular weight is 398 g/mol. The first kappa shape index (κ1) is 23.2. The molecular formula is C29H35N. The number of para-hydroxylation sites is 1. The Labute approximate surface area is 183 Å². The highest BCUT2D eigenvalue weighted by Crippen LogP contribution is 2.36. The van der Waals surface area contributed by atoms with Gasteiger partial charge >= 0.3 is 0 Å². The maximum atomic E-state index is 4.05. The number of hydrogen-bond acceptors (Lipinski definition) is 0. The summed E-state index contributed by atoms with van der Waals surface area (Å²) in [6.07, 6.45) is 11.1. The molecule has 1 unspecified atom stereocenters. The first-order valence-electron chi connectivity index (χ1n) is 11.0.